The smallest absolute Gasteiger partial charge is 0.178 e. The van der Waals surface area contributed by atoms with Crippen molar-refractivity contribution < 1.29 is 14.6 Å². The number of unbranched alkanes of at least 4 members (excludes halogenated alkanes) is 1. The summed E-state index contributed by atoms with van der Waals surface area (Å²) in [5.41, 5.74) is 0.964. The van der Waals surface area contributed by atoms with E-state index in [2.05, 4.69) is 20.9 Å². The first-order valence-electron chi connectivity index (χ1n) is 12.4. The van der Waals surface area contributed by atoms with Crippen molar-refractivity contribution in [1.82, 2.24) is 14.8 Å². The molecule has 2 atom stereocenters. The van der Waals surface area contributed by atoms with Crippen LogP contribution in [0.2, 0.25) is 0 Å². The van der Waals surface area contributed by atoms with Crippen LogP contribution in [0.15, 0.2) is 18.2 Å². The van der Waals surface area contributed by atoms with Crippen molar-refractivity contribution in [1.29, 1.82) is 0 Å². The summed E-state index contributed by atoms with van der Waals surface area (Å²) in [4.78, 5) is 9.36. The average molecular weight is 462 g/mol. The van der Waals surface area contributed by atoms with E-state index in [-0.39, 0.29) is 6.23 Å². The van der Waals surface area contributed by atoms with Gasteiger partial charge in [0.1, 0.15) is 11.9 Å². The van der Waals surface area contributed by atoms with Crippen LogP contribution in [-0.2, 0) is 4.74 Å². The highest BCUT2D eigenvalue weighted by molar-refractivity contribution is 7.18. The number of rotatable bonds is 10. The van der Waals surface area contributed by atoms with Gasteiger partial charge in [-0.1, -0.05) is 19.3 Å². The van der Waals surface area contributed by atoms with Crippen LogP contribution in [0, 0.1) is 6.92 Å². The summed E-state index contributed by atoms with van der Waals surface area (Å²) in [5, 5.41) is 11.5. The van der Waals surface area contributed by atoms with Gasteiger partial charge >= 0.3 is 0 Å². The van der Waals surface area contributed by atoms with Crippen LogP contribution >= 0.6 is 11.3 Å². The van der Waals surface area contributed by atoms with Gasteiger partial charge in [0.25, 0.3) is 0 Å². The van der Waals surface area contributed by atoms with Gasteiger partial charge < -0.3 is 19.5 Å². The van der Waals surface area contributed by atoms with Gasteiger partial charge in [-0.25, -0.2) is 4.98 Å². The topological polar surface area (TPSA) is 58.1 Å². The van der Waals surface area contributed by atoms with Crippen LogP contribution in [0.1, 0.15) is 56.9 Å². The monoisotopic (exact) mass is 461 g/mol. The van der Waals surface area contributed by atoms with Crippen molar-refractivity contribution in [3.63, 3.8) is 0 Å². The van der Waals surface area contributed by atoms with Gasteiger partial charge in [-0.05, 0) is 58.2 Å². The van der Waals surface area contributed by atoms with E-state index in [9.17, 15) is 5.11 Å². The van der Waals surface area contributed by atoms with Crippen molar-refractivity contribution in [2.24, 2.45) is 0 Å². The lowest BCUT2D eigenvalue weighted by molar-refractivity contribution is -0.0746. The van der Waals surface area contributed by atoms with E-state index in [1.807, 2.05) is 26.0 Å². The number of ether oxygens (including phenoxy) is 2. The predicted molar refractivity (Wildman–Crippen MR) is 131 cm³/mol. The first-order valence-corrected chi connectivity index (χ1v) is 13.2. The molecule has 2 heterocycles. The fraction of sp³-hybridized carbons (Fsp3) is 0.720. The maximum absolute atomic E-state index is 10.4. The summed E-state index contributed by atoms with van der Waals surface area (Å²) in [6.45, 7) is 9.72. The Morgan fingerprint density at radius 3 is 2.66 bits per heavy atom. The number of benzene rings is 1. The molecule has 0 bridgehead atoms. The summed E-state index contributed by atoms with van der Waals surface area (Å²) in [7, 11) is 0. The molecule has 7 heteroatoms. The number of thiazole rings is 1. The van der Waals surface area contributed by atoms with Gasteiger partial charge in [0.2, 0.25) is 0 Å². The number of hydrogen-bond acceptors (Lipinski definition) is 7. The molecule has 6 nitrogen and oxygen atoms in total. The molecule has 2 aliphatic rings. The average Bonchev–Trinajstić information content (AvgIpc) is 3.17. The number of fused-ring (bicyclic) bond motifs is 1. The van der Waals surface area contributed by atoms with Crippen molar-refractivity contribution in [2.45, 2.75) is 77.2 Å². The number of aryl methyl sites for hydroxylation is 1. The fourth-order valence-electron chi connectivity index (χ4n) is 4.87. The second kappa shape index (κ2) is 11.7. The van der Waals surface area contributed by atoms with Gasteiger partial charge in [0, 0.05) is 38.9 Å². The highest BCUT2D eigenvalue weighted by Gasteiger charge is 2.28. The second-order valence-electron chi connectivity index (χ2n) is 9.33. The summed E-state index contributed by atoms with van der Waals surface area (Å²) < 4.78 is 13.5. The minimum Gasteiger partial charge on any atom is -0.472 e. The van der Waals surface area contributed by atoms with E-state index in [1.54, 1.807) is 11.3 Å². The van der Waals surface area contributed by atoms with Crippen LogP contribution in [0.4, 0.5) is 0 Å². The molecule has 0 radical (unpaired) electrons. The van der Waals surface area contributed by atoms with Gasteiger partial charge in [0.15, 0.2) is 6.23 Å². The molecular weight excluding hydrogens is 422 g/mol. The molecule has 1 aliphatic carbocycles. The molecule has 1 aromatic heterocycles. The third-order valence-corrected chi connectivity index (χ3v) is 7.63. The molecule has 178 valence electrons. The fourth-order valence-corrected chi connectivity index (χ4v) is 5.68. The first kappa shape index (κ1) is 23.9. The molecule has 4 rings (SSSR count). The minimum atomic E-state index is -0.564. The van der Waals surface area contributed by atoms with Crippen molar-refractivity contribution in [3.05, 3.63) is 23.2 Å². The summed E-state index contributed by atoms with van der Waals surface area (Å²) >= 11 is 1.69. The Labute approximate surface area is 196 Å². The van der Waals surface area contributed by atoms with E-state index < -0.39 is 6.10 Å². The molecule has 0 spiro atoms. The molecule has 1 saturated carbocycles. The van der Waals surface area contributed by atoms with Crippen molar-refractivity contribution in [2.75, 3.05) is 39.3 Å². The van der Waals surface area contributed by atoms with Crippen LogP contribution in [-0.4, -0.2) is 77.7 Å². The summed E-state index contributed by atoms with van der Waals surface area (Å²) in [6, 6.07) is 6.03. The summed E-state index contributed by atoms with van der Waals surface area (Å²) in [5.74, 6) is 0.772. The molecular formula is C25H39N3O3S. The third-order valence-electron chi connectivity index (χ3n) is 6.68. The number of nitrogens with zero attached hydrogens (tertiary/aromatic N) is 3. The Hall–Kier alpha value is -1.25. The predicted octanol–water partition coefficient (Wildman–Crippen LogP) is 4.44. The van der Waals surface area contributed by atoms with E-state index in [0.717, 1.165) is 62.0 Å². The lowest BCUT2D eigenvalue weighted by Crippen LogP contribution is -2.55. The Bertz CT molecular complexity index is 829. The Kier molecular flexibility index (Phi) is 8.77. The van der Waals surface area contributed by atoms with Crippen LogP contribution in [0.5, 0.6) is 5.75 Å². The van der Waals surface area contributed by atoms with Gasteiger partial charge in [-0.2, -0.15) is 0 Å². The van der Waals surface area contributed by atoms with Crippen LogP contribution < -0.4 is 4.74 Å². The number of aromatic nitrogens is 1. The highest BCUT2D eigenvalue weighted by Crippen LogP contribution is 2.27. The Morgan fingerprint density at radius 2 is 1.91 bits per heavy atom. The second-order valence-corrected chi connectivity index (χ2v) is 10.6. The molecule has 1 aromatic carbocycles. The largest absolute Gasteiger partial charge is 0.472 e. The van der Waals surface area contributed by atoms with Gasteiger partial charge in [-0.3, -0.25) is 4.90 Å². The lowest BCUT2D eigenvalue weighted by Gasteiger charge is -2.40. The maximum Gasteiger partial charge on any atom is 0.178 e. The first-order chi connectivity index (χ1) is 15.6. The Balaban J connectivity index is 1.19. The zero-order chi connectivity index (χ0) is 22.3. The molecule has 1 N–H and O–H groups in total. The molecule has 1 saturated heterocycles. The standard InChI is InChI=1S/C25H39N3O3S/c1-19(29)25(31-22-10-11-24-23(18-22)26-20(2)32-24)28-15-13-27(14-16-28)12-6-7-17-30-21-8-4-3-5-9-21/h10-11,18-19,21,25,29H,3-9,12-17H2,1-2H3/t19-,25?/m1/s1. The minimum absolute atomic E-state index is 0.335. The third kappa shape index (κ3) is 6.64. The number of piperazine rings is 1. The van der Waals surface area contributed by atoms with E-state index in [0.29, 0.717) is 6.10 Å². The molecule has 2 aromatic rings. The van der Waals surface area contributed by atoms with Gasteiger partial charge in [0.05, 0.1) is 21.3 Å². The number of hydrogen-bond donors (Lipinski definition) is 1. The van der Waals surface area contributed by atoms with Gasteiger partial charge in [-0.15, -0.1) is 11.3 Å². The van der Waals surface area contributed by atoms with E-state index in [1.165, 1.54) is 43.2 Å². The highest BCUT2D eigenvalue weighted by atomic mass is 32.1. The number of aliphatic hydroxyl groups is 1. The molecule has 2 fully saturated rings. The van der Waals surface area contributed by atoms with Crippen LogP contribution in [0.25, 0.3) is 10.2 Å². The normalized spacial score (nSPS) is 21.1. The SMILES string of the molecule is Cc1nc2cc(OC([C@@H](C)O)N3CCN(CCCCOC4CCCCC4)CC3)ccc2s1. The van der Waals surface area contributed by atoms with Crippen LogP contribution in [0.3, 0.4) is 0 Å². The Morgan fingerprint density at radius 1 is 1.12 bits per heavy atom. The van der Waals surface area contributed by atoms with Crippen molar-refractivity contribution in [3.8, 4) is 5.75 Å². The van der Waals surface area contributed by atoms with E-state index in [4.69, 9.17) is 9.47 Å². The van der Waals surface area contributed by atoms with Crippen molar-refractivity contribution >= 4 is 21.6 Å². The summed E-state index contributed by atoms with van der Waals surface area (Å²) in [6.07, 6.45) is 8.53. The molecule has 32 heavy (non-hydrogen) atoms. The quantitative estimate of drug-likeness (QED) is 0.528. The molecule has 1 aliphatic heterocycles. The zero-order valence-electron chi connectivity index (χ0n) is 19.7. The molecule has 1 unspecified atom stereocenters. The van der Waals surface area contributed by atoms with E-state index >= 15 is 0 Å². The lowest BCUT2D eigenvalue weighted by atomic mass is 9.98. The maximum atomic E-state index is 10.4. The molecule has 0 amide bonds. The number of aliphatic hydroxyl groups excluding tert-OH is 1. The zero-order valence-corrected chi connectivity index (χ0v) is 20.5.